The van der Waals surface area contributed by atoms with Crippen LogP contribution in [-0.4, -0.2) is 19.3 Å². The van der Waals surface area contributed by atoms with E-state index in [0.29, 0.717) is 18.1 Å². The predicted octanol–water partition coefficient (Wildman–Crippen LogP) is 4.49. The number of ether oxygens (including phenoxy) is 1. The largest absolute Gasteiger partial charge is 0.378 e. The van der Waals surface area contributed by atoms with Crippen molar-refractivity contribution in [3.8, 4) is 0 Å². The predicted molar refractivity (Wildman–Crippen MR) is 89.6 cm³/mol. The van der Waals surface area contributed by atoms with Crippen LogP contribution in [0.5, 0.6) is 0 Å². The molecule has 1 aromatic rings. The van der Waals surface area contributed by atoms with Gasteiger partial charge in [-0.25, -0.2) is 0 Å². The minimum absolute atomic E-state index is 0.411. The third kappa shape index (κ3) is 4.31. The lowest BCUT2D eigenvalue weighted by atomic mass is 9.86. The van der Waals surface area contributed by atoms with Crippen LogP contribution in [0.15, 0.2) is 24.3 Å². The molecule has 0 spiro atoms. The Morgan fingerprint density at radius 2 is 1.95 bits per heavy atom. The van der Waals surface area contributed by atoms with Crippen LogP contribution in [0, 0.1) is 5.92 Å². The topological polar surface area (TPSA) is 21.3 Å². The average molecular weight is 289 g/mol. The zero-order valence-electron chi connectivity index (χ0n) is 13.9. The average Bonchev–Trinajstić information content (AvgIpc) is 2.99. The van der Waals surface area contributed by atoms with Crippen molar-refractivity contribution >= 4 is 0 Å². The molecule has 2 heteroatoms. The number of hydrogen-bond acceptors (Lipinski definition) is 2. The van der Waals surface area contributed by atoms with E-state index in [0.717, 1.165) is 19.6 Å². The molecular formula is C19H31NO. The highest BCUT2D eigenvalue weighted by molar-refractivity contribution is 5.26. The van der Waals surface area contributed by atoms with E-state index in [4.69, 9.17) is 4.74 Å². The van der Waals surface area contributed by atoms with Crippen LogP contribution in [0.1, 0.15) is 63.6 Å². The number of nitrogens with one attached hydrogen (secondary N) is 1. The van der Waals surface area contributed by atoms with E-state index in [1.165, 1.54) is 36.8 Å². The molecule has 0 bridgehead atoms. The monoisotopic (exact) mass is 289 g/mol. The summed E-state index contributed by atoms with van der Waals surface area (Å²) in [6.07, 6.45) is 6.44. The first-order valence-corrected chi connectivity index (χ1v) is 8.73. The van der Waals surface area contributed by atoms with Gasteiger partial charge in [-0.05, 0) is 43.4 Å². The first-order chi connectivity index (χ1) is 10.3. The van der Waals surface area contributed by atoms with Crippen molar-refractivity contribution in [1.82, 2.24) is 5.32 Å². The molecule has 118 valence electrons. The maximum atomic E-state index is 5.90. The van der Waals surface area contributed by atoms with E-state index in [1.54, 1.807) is 0 Å². The lowest BCUT2D eigenvalue weighted by Gasteiger charge is -2.28. The van der Waals surface area contributed by atoms with Gasteiger partial charge in [0.1, 0.15) is 0 Å². The van der Waals surface area contributed by atoms with E-state index >= 15 is 0 Å². The molecule has 1 heterocycles. The van der Waals surface area contributed by atoms with Crippen molar-refractivity contribution in [3.05, 3.63) is 35.4 Å². The molecule has 2 nitrogen and oxygen atoms in total. The number of benzene rings is 1. The summed E-state index contributed by atoms with van der Waals surface area (Å²) in [6.45, 7) is 8.61. The third-order valence-corrected chi connectivity index (χ3v) is 4.67. The number of hydrogen-bond donors (Lipinski definition) is 1. The Bertz CT molecular complexity index is 401. The highest BCUT2D eigenvalue weighted by Gasteiger charge is 2.33. The van der Waals surface area contributed by atoms with Crippen LogP contribution >= 0.6 is 0 Å². The first-order valence-electron chi connectivity index (χ1n) is 8.73. The summed E-state index contributed by atoms with van der Waals surface area (Å²) in [5.74, 6) is 0.608. The maximum Gasteiger partial charge on any atom is 0.0619 e. The van der Waals surface area contributed by atoms with Gasteiger partial charge < -0.3 is 10.1 Å². The van der Waals surface area contributed by atoms with Gasteiger partial charge in [-0.1, -0.05) is 51.5 Å². The molecule has 2 rings (SSSR count). The molecule has 0 amide bonds. The van der Waals surface area contributed by atoms with Crippen LogP contribution in [0.25, 0.3) is 0 Å². The van der Waals surface area contributed by atoms with Crippen LogP contribution in [0.3, 0.4) is 0 Å². The highest BCUT2D eigenvalue weighted by Crippen LogP contribution is 2.35. The van der Waals surface area contributed by atoms with Crippen LogP contribution in [0.4, 0.5) is 0 Å². The lowest BCUT2D eigenvalue weighted by Crippen LogP contribution is -2.32. The molecule has 0 aliphatic carbocycles. The zero-order valence-corrected chi connectivity index (χ0v) is 13.9. The summed E-state index contributed by atoms with van der Waals surface area (Å²) >= 11 is 0. The smallest absolute Gasteiger partial charge is 0.0619 e. The second-order valence-corrected chi connectivity index (χ2v) is 6.15. The van der Waals surface area contributed by atoms with Crippen LogP contribution in [0.2, 0.25) is 0 Å². The van der Waals surface area contributed by atoms with Gasteiger partial charge in [0.2, 0.25) is 0 Å². The number of rotatable bonds is 8. The van der Waals surface area contributed by atoms with Gasteiger partial charge in [0, 0.05) is 18.6 Å². The highest BCUT2D eigenvalue weighted by atomic mass is 16.5. The van der Waals surface area contributed by atoms with E-state index in [-0.39, 0.29) is 0 Å². The molecule has 0 saturated carbocycles. The van der Waals surface area contributed by atoms with Gasteiger partial charge in [0.25, 0.3) is 0 Å². The Morgan fingerprint density at radius 3 is 2.57 bits per heavy atom. The Balaban J connectivity index is 2.10. The van der Waals surface area contributed by atoms with E-state index in [2.05, 4.69) is 50.4 Å². The van der Waals surface area contributed by atoms with Crippen molar-refractivity contribution in [2.24, 2.45) is 5.92 Å². The maximum absolute atomic E-state index is 5.90. The molecule has 1 aromatic carbocycles. The standard InChI is InChI=1S/C19H31NO/c1-4-7-8-15-9-11-16(12-10-15)19(20-6-3)17-13-14-21-18(17)5-2/h9-12,17-20H,4-8,13-14H2,1-3H3. The molecular weight excluding hydrogens is 258 g/mol. The molecule has 0 radical (unpaired) electrons. The molecule has 3 unspecified atom stereocenters. The Hall–Kier alpha value is -0.860. The lowest BCUT2D eigenvalue weighted by molar-refractivity contribution is 0.0776. The first kappa shape index (κ1) is 16.5. The summed E-state index contributed by atoms with van der Waals surface area (Å²) in [5.41, 5.74) is 2.89. The van der Waals surface area contributed by atoms with Crippen molar-refractivity contribution < 1.29 is 4.74 Å². The van der Waals surface area contributed by atoms with Crippen LogP contribution < -0.4 is 5.32 Å². The summed E-state index contributed by atoms with van der Waals surface area (Å²) in [4.78, 5) is 0. The Morgan fingerprint density at radius 1 is 1.19 bits per heavy atom. The number of aryl methyl sites for hydroxylation is 1. The van der Waals surface area contributed by atoms with Crippen molar-refractivity contribution in [2.45, 2.75) is 65.0 Å². The van der Waals surface area contributed by atoms with Gasteiger partial charge >= 0.3 is 0 Å². The molecule has 1 aliphatic heterocycles. The second kappa shape index (κ2) is 8.55. The summed E-state index contributed by atoms with van der Waals surface area (Å²) < 4.78 is 5.90. The molecule has 1 aliphatic rings. The molecule has 1 saturated heterocycles. The fourth-order valence-electron chi connectivity index (χ4n) is 3.48. The molecule has 21 heavy (non-hydrogen) atoms. The summed E-state index contributed by atoms with van der Waals surface area (Å²) in [6, 6.07) is 9.70. The Kier molecular flexibility index (Phi) is 6.72. The zero-order chi connectivity index (χ0) is 15.1. The second-order valence-electron chi connectivity index (χ2n) is 6.15. The molecule has 1 N–H and O–H groups in total. The van der Waals surface area contributed by atoms with Gasteiger partial charge in [-0.15, -0.1) is 0 Å². The normalized spacial score (nSPS) is 23.4. The van der Waals surface area contributed by atoms with Gasteiger partial charge in [0.05, 0.1) is 6.10 Å². The summed E-state index contributed by atoms with van der Waals surface area (Å²) in [5, 5.41) is 3.69. The minimum atomic E-state index is 0.411. The van der Waals surface area contributed by atoms with E-state index < -0.39 is 0 Å². The molecule has 0 aromatic heterocycles. The third-order valence-electron chi connectivity index (χ3n) is 4.67. The van der Waals surface area contributed by atoms with Gasteiger partial charge in [-0.2, -0.15) is 0 Å². The van der Waals surface area contributed by atoms with E-state index in [9.17, 15) is 0 Å². The van der Waals surface area contributed by atoms with Crippen molar-refractivity contribution in [3.63, 3.8) is 0 Å². The van der Waals surface area contributed by atoms with Crippen molar-refractivity contribution in [2.75, 3.05) is 13.2 Å². The SMILES string of the molecule is CCCCc1ccc(C(NCC)C2CCOC2CC)cc1. The molecule has 1 fully saturated rings. The quantitative estimate of drug-likeness (QED) is 0.761. The van der Waals surface area contributed by atoms with Gasteiger partial charge in [-0.3, -0.25) is 0 Å². The summed E-state index contributed by atoms with van der Waals surface area (Å²) in [7, 11) is 0. The minimum Gasteiger partial charge on any atom is -0.378 e. The fraction of sp³-hybridized carbons (Fsp3) is 0.684. The fourth-order valence-corrected chi connectivity index (χ4v) is 3.48. The van der Waals surface area contributed by atoms with Crippen LogP contribution in [-0.2, 0) is 11.2 Å². The number of unbranched alkanes of at least 4 members (excludes halogenated alkanes) is 1. The van der Waals surface area contributed by atoms with Gasteiger partial charge in [0.15, 0.2) is 0 Å². The van der Waals surface area contributed by atoms with Crippen molar-refractivity contribution in [1.29, 1.82) is 0 Å². The van der Waals surface area contributed by atoms with E-state index in [1.807, 2.05) is 0 Å². The Labute approximate surface area is 130 Å². The molecule has 3 atom stereocenters.